The molecule has 0 saturated carbocycles. The van der Waals surface area contributed by atoms with Crippen molar-refractivity contribution in [1.29, 1.82) is 0 Å². The molecule has 17 heavy (non-hydrogen) atoms. The number of nitrogens with one attached hydrogen (secondary N) is 1. The molecule has 1 saturated heterocycles. The molecule has 1 aromatic carbocycles. The number of nitrogens with zero attached hydrogens (tertiary/aromatic N) is 1. The molecule has 0 radical (unpaired) electrons. The molecule has 0 spiro atoms. The summed E-state index contributed by atoms with van der Waals surface area (Å²) in [7, 11) is 0. The van der Waals surface area contributed by atoms with Crippen LogP contribution in [0.5, 0.6) is 0 Å². The molecule has 2 amide bonds. The van der Waals surface area contributed by atoms with Gasteiger partial charge < -0.3 is 5.32 Å². The largest absolute Gasteiger partial charge is 0.302 e. The van der Waals surface area contributed by atoms with Crippen LogP contribution in [-0.2, 0) is 9.59 Å². The minimum Gasteiger partial charge on any atom is -0.302 e. The zero-order valence-corrected chi connectivity index (χ0v) is 10.7. The average molecular weight is 289 g/mol. The first kappa shape index (κ1) is 12.3. The highest BCUT2D eigenvalue weighted by Crippen LogP contribution is 2.30. The highest BCUT2D eigenvalue weighted by Gasteiger charge is 2.30. The van der Waals surface area contributed by atoms with Crippen molar-refractivity contribution in [2.75, 3.05) is 4.90 Å². The molecule has 1 heterocycles. The van der Waals surface area contributed by atoms with Crippen LogP contribution in [0.3, 0.4) is 0 Å². The molecule has 0 aliphatic carbocycles. The normalized spacial score (nSPS) is 16.1. The first-order valence-corrected chi connectivity index (χ1v) is 5.77. The Hall–Kier alpha value is -1.17. The summed E-state index contributed by atoms with van der Waals surface area (Å²) in [6.07, 6.45) is -0.251. The van der Waals surface area contributed by atoms with Gasteiger partial charge in [-0.05, 0) is 30.4 Å². The molecule has 0 aromatic heterocycles. The molecule has 0 unspecified atom stereocenters. The Morgan fingerprint density at radius 3 is 2.59 bits per heavy atom. The summed E-state index contributed by atoms with van der Waals surface area (Å²) < 4.78 is 0. The van der Waals surface area contributed by atoms with Crippen LogP contribution < -0.4 is 10.2 Å². The van der Waals surface area contributed by atoms with Crippen LogP contribution in [0.2, 0.25) is 10.0 Å². The van der Waals surface area contributed by atoms with Crippen LogP contribution in [-0.4, -0.2) is 16.9 Å². The summed E-state index contributed by atoms with van der Waals surface area (Å²) in [5.74, 6) is -0.829. The van der Waals surface area contributed by atoms with Crippen LogP contribution in [0, 0.1) is 0 Å². The number of amides is 2. The summed E-state index contributed by atoms with van der Waals surface area (Å²) in [5.41, 5.74) is 0.408. The number of halogens is 2. The number of benzene rings is 1. The summed E-state index contributed by atoms with van der Waals surface area (Å²) in [4.78, 5) is 24.0. The van der Waals surface area contributed by atoms with Crippen LogP contribution in [0.25, 0.3) is 0 Å². The van der Waals surface area contributed by atoms with E-state index in [1.54, 1.807) is 12.1 Å². The molecule has 1 N–H and O–H groups in total. The van der Waals surface area contributed by atoms with Gasteiger partial charge in [-0.15, -0.1) is 0 Å². The van der Waals surface area contributed by atoms with Crippen molar-refractivity contribution in [3.8, 4) is 0 Å². The van der Waals surface area contributed by atoms with Crippen LogP contribution in [0.1, 0.15) is 6.42 Å². The minimum atomic E-state index is -0.415. The van der Waals surface area contributed by atoms with Crippen LogP contribution in [0.15, 0.2) is 18.2 Å². The van der Waals surface area contributed by atoms with Gasteiger partial charge in [0.15, 0.2) is 5.11 Å². The van der Waals surface area contributed by atoms with E-state index >= 15 is 0 Å². The Kier molecular flexibility index (Phi) is 3.33. The lowest BCUT2D eigenvalue weighted by molar-refractivity contribution is -0.127. The molecule has 1 aliphatic rings. The number of thiocarbonyl (C=S) groups is 1. The van der Waals surface area contributed by atoms with Gasteiger partial charge in [0.05, 0.1) is 10.7 Å². The number of carbonyl (C=O) groups excluding carboxylic acids is 2. The summed E-state index contributed by atoms with van der Waals surface area (Å²) >= 11 is 16.7. The fourth-order valence-corrected chi connectivity index (χ4v) is 2.26. The van der Waals surface area contributed by atoms with Gasteiger partial charge in [0.1, 0.15) is 6.42 Å². The van der Waals surface area contributed by atoms with E-state index in [4.69, 9.17) is 35.4 Å². The van der Waals surface area contributed by atoms with Crippen LogP contribution in [0.4, 0.5) is 5.69 Å². The Morgan fingerprint density at radius 1 is 1.29 bits per heavy atom. The van der Waals surface area contributed by atoms with Crippen molar-refractivity contribution >= 4 is 58.0 Å². The number of anilines is 1. The van der Waals surface area contributed by atoms with Gasteiger partial charge in [-0.3, -0.25) is 14.5 Å². The molecule has 0 bridgehead atoms. The van der Waals surface area contributed by atoms with E-state index < -0.39 is 11.8 Å². The predicted molar refractivity (Wildman–Crippen MR) is 69.3 cm³/mol. The van der Waals surface area contributed by atoms with Gasteiger partial charge in [0.2, 0.25) is 11.8 Å². The van der Waals surface area contributed by atoms with Crippen molar-refractivity contribution in [3.63, 3.8) is 0 Å². The predicted octanol–water partition coefficient (Wildman–Crippen LogP) is 2.13. The monoisotopic (exact) mass is 288 g/mol. The third kappa shape index (κ3) is 2.41. The summed E-state index contributed by atoms with van der Waals surface area (Å²) in [6, 6.07) is 4.67. The number of carbonyl (C=O) groups is 2. The van der Waals surface area contributed by atoms with E-state index in [0.29, 0.717) is 15.7 Å². The molecule has 1 aliphatic heterocycles. The Bertz CT molecular complexity index is 513. The number of hydrogen-bond donors (Lipinski definition) is 1. The summed E-state index contributed by atoms with van der Waals surface area (Å²) in [6.45, 7) is 0. The fraction of sp³-hybridized carbons (Fsp3) is 0.100. The van der Waals surface area contributed by atoms with Crippen molar-refractivity contribution < 1.29 is 9.59 Å². The molecule has 4 nitrogen and oxygen atoms in total. The minimum absolute atomic E-state index is 0.0236. The molecule has 0 atom stereocenters. The van der Waals surface area contributed by atoms with E-state index in [1.165, 1.54) is 11.0 Å². The highest BCUT2D eigenvalue weighted by molar-refractivity contribution is 7.80. The number of hydrogen-bond acceptors (Lipinski definition) is 3. The van der Waals surface area contributed by atoms with Gasteiger partial charge in [-0.1, -0.05) is 23.2 Å². The van der Waals surface area contributed by atoms with Gasteiger partial charge in [0.25, 0.3) is 0 Å². The van der Waals surface area contributed by atoms with E-state index in [9.17, 15) is 9.59 Å². The Balaban J connectivity index is 2.42. The standard InChI is InChI=1S/C10H6Cl2N2O2S/c11-5-1-2-7(6(12)3-5)14-9(16)4-8(15)13-10(14)17/h1-3H,4H2,(H,13,15,17). The second kappa shape index (κ2) is 4.60. The molecular weight excluding hydrogens is 283 g/mol. The molecule has 1 aromatic rings. The van der Waals surface area contributed by atoms with E-state index in [2.05, 4.69) is 5.32 Å². The molecule has 88 valence electrons. The third-order valence-electron chi connectivity index (χ3n) is 2.16. The zero-order valence-electron chi connectivity index (χ0n) is 8.37. The van der Waals surface area contributed by atoms with Gasteiger partial charge in [-0.2, -0.15) is 0 Å². The van der Waals surface area contributed by atoms with Crippen molar-refractivity contribution in [2.45, 2.75) is 6.42 Å². The first-order valence-electron chi connectivity index (χ1n) is 4.61. The Labute approximate surface area is 112 Å². The second-order valence-corrected chi connectivity index (χ2v) is 4.59. The van der Waals surface area contributed by atoms with Crippen molar-refractivity contribution in [1.82, 2.24) is 5.32 Å². The van der Waals surface area contributed by atoms with Gasteiger partial charge in [0, 0.05) is 5.02 Å². The zero-order chi connectivity index (χ0) is 12.6. The molecule has 1 fully saturated rings. The quantitative estimate of drug-likeness (QED) is 0.636. The summed E-state index contributed by atoms with van der Waals surface area (Å²) in [5, 5.41) is 3.18. The average Bonchev–Trinajstić information content (AvgIpc) is 2.19. The lowest BCUT2D eigenvalue weighted by Gasteiger charge is -2.28. The lowest BCUT2D eigenvalue weighted by atomic mass is 10.2. The smallest absolute Gasteiger partial charge is 0.242 e. The van der Waals surface area contributed by atoms with E-state index in [-0.39, 0.29) is 11.5 Å². The maximum atomic E-state index is 11.7. The van der Waals surface area contributed by atoms with Crippen molar-refractivity contribution in [3.05, 3.63) is 28.2 Å². The van der Waals surface area contributed by atoms with Crippen LogP contribution >= 0.6 is 35.4 Å². The van der Waals surface area contributed by atoms with E-state index in [1.807, 2.05) is 0 Å². The third-order valence-corrected chi connectivity index (χ3v) is 2.98. The van der Waals surface area contributed by atoms with Gasteiger partial charge >= 0.3 is 0 Å². The fourth-order valence-electron chi connectivity index (χ4n) is 1.46. The highest BCUT2D eigenvalue weighted by atomic mass is 35.5. The Morgan fingerprint density at radius 2 is 2.00 bits per heavy atom. The maximum Gasteiger partial charge on any atom is 0.242 e. The lowest BCUT2D eigenvalue weighted by Crippen LogP contribution is -2.52. The topological polar surface area (TPSA) is 49.4 Å². The van der Waals surface area contributed by atoms with Crippen molar-refractivity contribution in [2.24, 2.45) is 0 Å². The molecule has 2 rings (SSSR count). The molecule has 7 heteroatoms. The SMILES string of the molecule is O=C1CC(=O)N(c2ccc(Cl)cc2Cl)C(=S)N1. The van der Waals surface area contributed by atoms with E-state index in [0.717, 1.165) is 0 Å². The first-order chi connectivity index (χ1) is 7.99. The number of rotatable bonds is 1. The second-order valence-electron chi connectivity index (χ2n) is 3.35. The van der Waals surface area contributed by atoms with Gasteiger partial charge in [-0.25, -0.2) is 0 Å². The molecular formula is C10H6Cl2N2O2S. The maximum absolute atomic E-state index is 11.7.